The number of ketones is 1. The highest BCUT2D eigenvalue weighted by Gasteiger charge is 2.31. The van der Waals surface area contributed by atoms with Gasteiger partial charge < -0.3 is 18.6 Å². The van der Waals surface area contributed by atoms with E-state index in [1.807, 2.05) is 35.8 Å². The third-order valence-corrected chi connectivity index (χ3v) is 5.63. The van der Waals surface area contributed by atoms with Crippen molar-refractivity contribution in [2.75, 3.05) is 13.7 Å². The Bertz CT molecular complexity index is 1270. The van der Waals surface area contributed by atoms with Gasteiger partial charge in [-0.3, -0.25) is 14.4 Å². The van der Waals surface area contributed by atoms with Crippen LogP contribution >= 0.6 is 0 Å². The van der Waals surface area contributed by atoms with Crippen LogP contribution in [0.3, 0.4) is 0 Å². The van der Waals surface area contributed by atoms with Crippen molar-refractivity contribution in [1.82, 2.24) is 9.13 Å². The minimum atomic E-state index is -4.66. The molecule has 2 heterocycles. The Morgan fingerprint density at radius 1 is 1.03 bits per heavy atom. The SMILES string of the molecule is COc1ccc(CCn2c(C)cc(C(=O)COC(=O)Cn3cc(C(F)(F)F)ccc3=O)c2C)cc1. The van der Waals surface area contributed by atoms with Crippen molar-refractivity contribution < 1.29 is 32.2 Å². The number of carbonyl (C=O) groups is 2. The highest BCUT2D eigenvalue weighted by atomic mass is 19.4. The van der Waals surface area contributed by atoms with E-state index in [4.69, 9.17) is 9.47 Å². The molecule has 10 heteroatoms. The number of hydrogen-bond acceptors (Lipinski definition) is 5. The van der Waals surface area contributed by atoms with Crippen LogP contribution < -0.4 is 10.3 Å². The molecule has 3 aromatic rings. The first-order valence-corrected chi connectivity index (χ1v) is 10.8. The molecule has 0 radical (unpaired) electrons. The second kappa shape index (κ2) is 10.6. The predicted molar refractivity (Wildman–Crippen MR) is 122 cm³/mol. The number of hydrogen-bond donors (Lipinski definition) is 0. The number of aromatic nitrogens is 2. The Hall–Kier alpha value is -3.82. The normalized spacial score (nSPS) is 11.4. The van der Waals surface area contributed by atoms with E-state index in [0.29, 0.717) is 34.6 Å². The fourth-order valence-electron chi connectivity index (χ4n) is 3.69. The molecule has 0 fully saturated rings. The molecule has 0 aliphatic heterocycles. The summed E-state index contributed by atoms with van der Waals surface area (Å²) in [7, 11) is 1.60. The third-order valence-electron chi connectivity index (χ3n) is 5.63. The zero-order valence-corrected chi connectivity index (χ0v) is 19.5. The fourth-order valence-corrected chi connectivity index (χ4v) is 3.69. The second-order valence-corrected chi connectivity index (χ2v) is 8.00. The second-order valence-electron chi connectivity index (χ2n) is 8.00. The highest BCUT2D eigenvalue weighted by molar-refractivity contribution is 5.99. The average molecular weight is 490 g/mol. The van der Waals surface area contributed by atoms with Gasteiger partial charge in [-0.1, -0.05) is 12.1 Å². The Labute approximate surface area is 199 Å². The number of benzene rings is 1. The summed E-state index contributed by atoms with van der Waals surface area (Å²) in [5.74, 6) is -0.672. The number of esters is 1. The molecule has 186 valence electrons. The molecule has 0 aliphatic carbocycles. The molecule has 1 aromatic carbocycles. The van der Waals surface area contributed by atoms with Crippen LogP contribution in [0.4, 0.5) is 13.2 Å². The Morgan fingerprint density at radius 3 is 2.34 bits per heavy atom. The van der Waals surface area contributed by atoms with Crippen LogP contribution in [0.1, 0.15) is 32.9 Å². The van der Waals surface area contributed by atoms with E-state index in [0.717, 1.165) is 29.5 Å². The van der Waals surface area contributed by atoms with Crippen LogP contribution in [0, 0.1) is 13.8 Å². The van der Waals surface area contributed by atoms with Gasteiger partial charge in [-0.25, -0.2) is 0 Å². The van der Waals surface area contributed by atoms with Crippen LogP contribution in [0.2, 0.25) is 0 Å². The number of aryl methyl sites for hydroxylation is 2. The molecular formula is C25H25F3N2O5. The van der Waals surface area contributed by atoms with Gasteiger partial charge in [0.25, 0.3) is 5.56 Å². The van der Waals surface area contributed by atoms with Crippen molar-refractivity contribution in [3.63, 3.8) is 0 Å². The Balaban J connectivity index is 1.61. The largest absolute Gasteiger partial charge is 0.497 e. The van der Waals surface area contributed by atoms with Crippen LogP contribution in [-0.4, -0.2) is 34.6 Å². The summed E-state index contributed by atoms with van der Waals surface area (Å²) >= 11 is 0. The summed E-state index contributed by atoms with van der Waals surface area (Å²) in [6, 6.07) is 10.8. The van der Waals surface area contributed by atoms with Gasteiger partial charge >= 0.3 is 12.1 Å². The Morgan fingerprint density at radius 2 is 1.71 bits per heavy atom. The lowest BCUT2D eigenvalue weighted by Crippen LogP contribution is -2.27. The zero-order chi connectivity index (χ0) is 25.8. The van der Waals surface area contributed by atoms with Crippen molar-refractivity contribution in [2.24, 2.45) is 0 Å². The first-order valence-electron chi connectivity index (χ1n) is 10.8. The summed E-state index contributed by atoms with van der Waals surface area (Å²) < 4.78 is 51.2. The zero-order valence-electron chi connectivity index (χ0n) is 19.5. The van der Waals surface area contributed by atoms with E-state index in [-0.39, 0.29) is 0 Å². The number of pyridine rings is 1. The number of rotatable bonds is 9. The standard InChI is InChI=1S/C25H25F3N2O5/c1-16-12-21(17(2)30(16)11-10-18-4-7-20(34-3)8-5-18)22(31)15-35-24(33)14-29-13-19(25(26,27)28)6-9-23(29)32/h4-9,12-13H,10-11,14-15H2,1-3H3. The number of nitrogens with zero attached hydrogens (tertiary/aromatic N) is 2. The smallest absolute Gasteiger partial charge is 0.417 e. The molecule has 7 nitrogen and oxygen atoms in total. The number of halogens is 3. The van der Waals surface area contributed by atoms with Gasteiger partial charge in [0, 0.05) is 35.8 Å². The quantitative estimate of drug-likeness (QED) is 0.335. The first-order chi connectivity index (χ1) is 16.5. The maximum atomic E-state index is 12.8. The Kier molecular flexibility index (Phi) is 7.83. The van der Waals surface area contributed by atoms with Crippen molar-refractivity contribution in [3.8, 4) is 5.75 Å². The van der Waals surface area contributed by atoms with E-state index in [2.05, 4.69) is 0 Å². The van der Waals surface area contributed by atoms with Crippen LogP contribution in [0.25, 0.3) is 0 Å². The highest BCUT2D eigenvalue weighted by Crippen LogP contribution is 2.28. The van der Waals surface area contributed by atoms with Gasteiger partial charge in [-0.15, -0.1) is 0 Å². The van der Waals surface area contributed by atoms with Gasteiger partial charge in [0.15, 0.2) is 6.61 Å². The first kappa shape index (κ1) is 25.8. The summed E-state index contributed by atoms with van der Waals surface area (Å²) in [5, 5.41) is 0. The van der Waals surface area contributed by atoms with Gasteiger partial charge in [0.2, 0.25) is 5.78 Å². The lowest BCUT2D eigenvalue weighted by Gasteiger charge is -2.11. The van der Waals surface area contributed by atoms with Crippen LogP contribution in [0.15, 0.2) is 53.5 Å². The molecule has 0 amide bonds. The number of Topliss-reactive ketones (excluding diaryl/α,β-unsaturated/α-hetero) is 1. The van der Waals surface area contributed by atoms with E-state index in [1.54, 1.807) is 20.1 Å². The topological polar surface area (TPSA) is 79.5 Å². The number of ether oxygens (including phenoxy) is 2. The average Bonchev–Trinajstić information content (AvgIpc) is 3.10. The van der Waals surface area contributed by atoms with Crippen LogP contribution in [0.5, 0.6) is 5.75 Å². The predicted octanol–water partition coefficient (Wildman–Crippen LogP) is 3.96. The molecule has 0 bridgehead atoms. The van der Waals surface area contributed by atoms with Crippen molar-refractivity contribution in [3.05, 3.63) is 87.1 Å². The molecule has 2 aromatic heterocycles. The molecule has 0 N–H and O–H groups in total. The number of carbonyl (C=O) groups excluding carboxylic acids is 2. The molecule has 0 atom stereocenters. The summed E-state index contributed by atoms with van der Waals surface area (Å²) in [4.78, 5) is 36.5. The van der Waals surface area contributed by atoms with Gasteiger partial charge in [0.1, 0.15) is 12.3 Å². The molecule has 35 heavy (non-hydrogen) atoms. The monoisotopic (exact) mass is 490 g/mol. The molecule has 0 unspecified atom stereocenters. The minimum absolute atomic E-state index is 0.390. The lowest BCUT2D eigenvalue weighted by molar-refractivity contribution is -0.144. The molecular weight excluding hydrogens is 465 g/mol. The van der Waals surface area contributed by atoms with Gasteiger partial charge in [0.05, 0.1) is 12.7 Å². The maximum absolute atomic E-state index is 12.8. The summed E-state index contributed by atoms with van der Waals surface area (Å²) in [6.07, 6.45) is -3.39. The molecule has 0 spiro atoms. The van der Waals surface area contributed by atoms with Crippen molar-refractivity contribution >= 4 is 11.8 Å². The lowest BCUT2D eigenvalue weighted by atomic mass is 10.1. The van der Waals surface area contributed by atoms with E-state index < -0.39 is 42.2 Å². The van der Waals surface area contributed by atoms with E-state index in [9.17, 15) is 27.6 Å². The van der Waals surface area contributed by atoms with Gasteiger partial charge in [-0.05, 0) is 50.1 Å². The summed E-state index contributed by atoms with van der Waals surface area (Å²) in [6.45, 7) is 2.96. The van der Waals surface area contributed by atoms with Crippen molar-refractivity contribution in [2.45, 2.75) is 39.5 Å². The van der Waals surface area contributed by atoms with Crippen LogP contribution in [-0.2, 0) is 35.2 Å². The molecule has 0 saturated carbocycles. The fraction of sp³-hybridized carbons (Fsp3) is 0.320. The molecule has 0 aliphatic rings. The number of alkyl halides is 3. The third kappa shape index (κ3) is 6.40. The molecule has 3 rings (SSSR count). The minimum Gasteiger partial charge on any atom is -0.497 e. The number of methoxy groups -OCH3 is 1. The van der Waals surface area contributed by atoms with E-state index >= 15 is 0 Å². The van der Waals surface area contributed by atoms with Gasteiger partial charge in [-0.2, -0.15) is 13.2 Å². The van der Waals surface area contributed by atoms with Crippen molar-refractivity contribution in [1.29, 1.82) is 0 Å². The molecule has 0 saturated heterocycles. The maximum Gasteiger partial charge on any atom is 0.417 e. The van der Waals surface area contributed by atoms with E-state index in [1.165, 1.54) is 0 Å². The summed E-state index contributed by atoms with van der Waals surface area (Å²) in [5.41, 5.74) is 1.21.